The molecule has 0 saturated heterocycles. The lowest BCUT2D eigenvalue weighted by molar-refractivity contribution is -0.167. The molecule has 0 heterocycles. The Bertz CT molecular complexity index is 261. The van der Waals surface area contributed by atoms with Crippen LogP contribution in [0.3, 0.4) is 0 Å². The third kappa shape index (κ3) is 3.93. The first-order chi connectivity index (χ1) is 9.13. The van der Waals surface area contributed by atoms with Gasteiger partial charge in [0.2, 0.25) is 0 Å². The monoisotopic (exact) mass is 269 g/mol. The van der Waals surface area contributed by atoms with Crippen LogP contribution >= 0.6 is 0 Å². The van der Waals surface area contributed by atoms with Crippen LogP contribution in [0.2, 0.25) is 0 Å². The Hall–Kier alpha value is -0.120. The van der Waals surface area contributed by atoms with Gasteiger partial charge in [0, 0.05) is 13.2 Å². The molecule has 0 spiro atoms. The molecule has 0 amide bonds. The van der Waals surface area contributed by atoms with Crippen molar-refractivity contribution < 1.29 is 9.47 Å². The van der Waals surface area contributed by atoms with Crippen molar-refractivity contribution in [2.75, 3.05) is 13.7 Å². The molecule has 0 radical (unpaired) electrons. The van der Waals surface area contributed by atoms with Crippen LogP contribution < -0.4 is 5.32 Å². The molecule has 0 aromatic rings. The fourth-order valence-corrected chi connectivity index (χ4v) is 3.79. The SMILES string of the molecule is CCCNC1CC(OC2CC(C)CC(C)C2)C1OC. The molecule has 3 nitrogen and oxygen atoms in total. The van der Waals surface area contributed by atoms with E-state index in [0.717, 1.165) is 24.8 Å². The van der Waals surface area contributed by atoms with Gasteiger partial charge in [0.25, 0.3) is 0 Å². The number of ether oxygens (including phenoxy) is 2. The van der Waals surface area contributed by atoms with Gasteiger partial charge in [-0.1, -0.05) is 20.8 Å². The van der Waals surface area contributed by atoms with Crippen LogP contribution in [0, 0.1) is 11.8 Å². The molecule has 2 fully saturated rings. The van der Waals surface area contributed by atoms with Crippen molar-refractivity contribution in [1.29, 1.82) is 0 Å². The van der Waals surface area contributed by atoms with Gasteiger partial charge in [-0.25, -0.2) is 0 Å². The second kappa shape index (κ2) is 7.05. The van der Waals surface area contributed by atoms with Gasteiger partial charge in [0.05, 0.1) is 18.3 Å². The molecule has 0 aromatic carbocycles. The molecule has 1 N–H and O–H groups in total. The van der Waals surface area contributed by atoms with Crippen LogP contribution in [-0.2, 0) is 9.47 Å². The Morgan fingerprint density at radius 2 is 1.74 bits per heavy atom. The molecular weight excluding hydrogens is 238 g/mol. The Balaban J connectivity index is 1.77. The molecule has 5 unspecified atom stereocenters. The lowest BCUT2D eigenvalue weighted by atomic mass is 9.80. The van der Waals surface area contributed by atoms with E-state index in [1.165, 1.54) is 25.7 Å². The molecule has 3 heteroatoms. The van der Waals surface area contributed by atoms with E-state index < -0.39 is 0 Å². The van der Waals surface area contributed by atoms with Crippen LogP contribution in [0.25, 0.3) is 0 Å². The molecule has 2 aliphatic rings. The first kappa shape index (κ1) is 15.3. The molecule has 2 saturated carbocycles. The topological polar surface area (TPSA) is 30.5 Å². The lowest BCUT2D eigenvalue weighted by Gasteiger charge is -2.46. The van der Waals surface area contributed by atoms with Gasteiger partial charge in [-0.05, 0) is 50.5 Å². The highest BCUT2D eigenvalue weighted by molar-refractivity contribution is 4.97. The zero-order chi connectivity index (χ0) is 13.8. The highest BCUT2D eigenvalue weighted by atomic mass is 16.5. The summed E-state index contributed by atoms with van der Waals surface area (Å²) in [6, 6.07) is 0.494. The maximum Gasteiger partial charge on any atom is 0.0987 e. The first-order valence-corrected chi connectivity index (χ1v) is 8.05. The summed E-state index contributed by atoms with van der Waals surface area (Å²) < 4.78 is 11.9. The molecule has 0 aromatic heterocycles. The minimum Gasteiger partial charge on any atom is -0.377 e. The maximum atomic E-state index is 6.32. The van der Waals surface area contributed by atoms with E-state index in [0.29, 0.717) is 18.2 Å². The summed E-state index contributed by atoms with van der Waals surface area (Å²) in [4.78, 5) is 0. The maximum absolute atomic E-state index is 6.32. The molecule has 19 heavy (non-hydrogen) atoms. The quantitative estimate of drug-likeness (QED) is 0.804. The summed E-state index contributed by atoms with van der Waals surface area (Å²) in [6.07, 6.45) is 7.11. The Morgan fingerprint density at radius 3 is 2.32 bits per heavy atom. The highest BCUT2D eigenvalue weighted by Gasteiger charge is 2.43. The van der Waals surface area contributed by atoms with E-state index in [4.69, 9.17) is 9.47 Å². The zero-order valence-corrected chi connectivity index (χ0v) is 13.0. The van der Waals surface area contributed by atoms with Crippen LogP contribution in [0.1, 0.15) is 52.9 Å². The Morgan fingerprint density at radius 1 is 1.05 bits per heavy atom. The minimum absolute atomic E-state index is 0.249. The second-order valence-electron chi connectivity index (χ2n) is 6.71. The van der Waals surface area contributed by atoms with Gasteiger partial charge in [0.1, 0.15) is 0 Å². The van der Waals surface area contributed by atoms with E-state index in [9.17, 15) is 0 Å². The van der Waals surface area contributed by atoms with Gasteiger partial charge in [-0.3, -0.25) is 0 Å². The van der Waals surface area contributed by atoms with Crippen LogP contribution in [0.4, 0.5) is 0 Å². The van der Waals surface area contributed by atoms with Crippen molar-refractivity contribution in [3.63, 3.8) is 0 Å². The summed E-state index contributed by atoms with van der Waals surface area (Å²) in [7, 11) is 1.81. The smallest absolute Gasteiger partial charge is 0.0987 e. The Kier molecular flexibility index (Phi) is 5.67. The number of methoxy groups -OCH3 is 1. The van der Waals surface area contributed by atoms with Crippen molar-refractivity contribution >= 4 is 0 Å². The Labute approximate surface area is 118 Å². The van der Waals surface area contributed by atoms with E-state index in [1.54, 1.807) is 0 Å². The first-order valence-electron chi connectivity index (χ1n) is 8.05. The standard InChI is InChI=1S/C16H31NO2/c1-5-6-17-14-10-15(16(14)18-4)19-13-8-11(2)7-12(3)9-13/h11-17H,5-10H2,1-4H3. The molecule has 0 bridgehead atoms. The molecule has 112 valence electrons. The molecule has 5 atom stereocenters. The van der Waals surface area contributed by atoms with Crippen LogP contribution in [0.15, 0.2) is 0 Å². The lowest BCUT2D eigenvalue weighted by Crippen LogP contribution is -2.60. The fraction of sp³-hybridized carbons (Fsp3) is 1.00. The predicted octanol–water partition coefficient (Wildman–Crippen LogP) is 2.98. The van der Waals surface area contributed by atoms with Crippen molar-refractivity contribution in [2.45, 2.75) is 77.2 Å². The fourth-order valence-electron chi connectivity index (χ4n) is 3.79. The second-order valence-corrected chi connectivity index (χ2v) is 6.71. The van der Waals surface area contributed by atoms with Crippen LogP contribution in [-0.4, -0.2) is 38.0 Å². The number of hydrogen-bond acceptors (Lipinski definition) is 3. The third-order valence-corrected chi connectivity index (χ3v) is 4.68. The van der Waals surface area contributed by atoms with E-state index in [2.05, 4.69) is 26.1 Å². The predicted molar refractivity (Wildman–Crippen MR) is 78.3 cm³/mol. The average molecular weight is 269 g/mol. The highest BCUT2D eigenvalue weighted by Crippen LogP contribution is 2.35. The summed E-state index contributed by atoms with van der Waals surface area (Å²) in [5.74, 6) is 1.62. The third-order valence-electron chi connectivity index (χ3n) is 4.68. The molecular formula is C16H31NO2. The van der Waals surface area contributed by atoms with Crippen molar-refractivity contribution in [3.05, 3.63) is 0 Å². The van der Waals surface area contributed by atoms with E-state index in [-0.39, 0.29) is 6.10 Å². The van der Waals surface area contributed by atoms with E-state index in [1.807, 2.05) is 7.11 Å². The zero-order valence-electron chi connectivity index (χ0n) is 13.0. The normalized spacial score (nSPS) is 42.9. The van der Waals surface area contributed by atoms with Crippen molar-refractivity contribution in [3.8, 4) is 0 Å². The van der Waals surface area contributed by atoms with Crippen molar-refractivity contribution in [1.82, 2.24) is 5.32 Å². The number of nitrogens with one attached hydrogen (secondary N) is 1. The minimum atomic E-state index is 0.249. The van der Waals surface area contributed by atoms with E-state index >= 15 is 0 Å². The number of rotatable bonds is 6. The average Bonchev–Trinajstić information content (AvgIpc) is 2.32. The largest absolute Gasteiger partial charge is 0.377 e. The summed E-state index contributed by atoms with van der Waals surface area (Å²) in [5, 5.41) is 3.55. The van der Waals surface area contributed by atoms with Gasteiger partial charge in [0.15, 0.2) is 0 Å². The molecule has 0 aliphatic heterocycles. The van der Waals surface area contributed by atoms with Gasteiger partial charge >= 0.3 is 0 Å². The van der Waals surface area contributed by atoms with Gasteiger partial charge < -0.3 is 14.8 Å². The molecule has 2 rings (SSSR count). The summed E-state index contributed by atoms with van der Waals surface area (Å²) >= 11 is 0. The van der Waals surface area contributed by atoms with Crippen LogP contribution in [0.5, 0.6) is 0 Å². The summed E-state index contributed by atoms with van der Waals surface area (Å²) in [6.45, 7) is 7.99. The van der Waals surface area contributed by atoms with Gasteiger partial charge in [-0.15, -0.1) is 0 Å². The summed E-state index contributed by atoms with van der Waals surface area (Å²) in [5.41, 5.74) is 0. The number of hydrogen-bond donors (Lipinski definition) is 1. The van der Waals surface area contributed by atoms with Crippen molar-refractivity contribution in [2.24, 2.45) is 11.8 Å². The molecule has 2 aliphatic carbocycles. The van der Waals surface area contributed by atoms with Gasteiger partial charge in [-0.2, -0.15) is 0 Å².